The van der Waals surface area contributed by atoms with Gasteiger partial charge in [-0.25, -0.2) is 13.4 Å². The molecule has 1 aliphatic heterocycles. The third kappa shape index (κ3) is 2.68. The predicted octanol–water partition coefficient (Wildman–Crippen LogP) is 1.61. The number of rotatable bonds is 5. The van der Waals surface area contributed by atoms with Gasteiger partial charge in [-0.1, -0.05) is 6.92 Å². The lowest BCUT2D eigenvalue weighted by Gasteiger charge is -2.22. The molecular weight excluding hydrogens is 290 g/mol. The number of sulfonamides is 1. The van der Waals surface area contributed by atoms with Crippen molar-refractivity contribution in [3.8, 4) is 0 Å². The number of ether oxygens (including phenoxy) is 1. The number of hydrogen-bond donors (Lipinski definition) is 1. The summed E-state index contributed by atoms with van der Waals surface area (Å²) < 4.78 is 32.6. The van der Waals surface area contributed by atoms with E-state index in [-0.39, 0.29) is 5.92 Å². The van der Waals surface area contributed by atoms with Gasteiger partial charge in [-0.05, 0) is 24.5 Å². The molecule has 0 aromatic carbocycles. The van der Waals surface area contributed by atoms with E-state index in [2.05, 4.69) is 9.97 Å². The first-order chi connectivity index (χ1) is 10.1. The van der Waals surface area contributed by atoms with E-state index in [1.165, 1.54) is 10.5 Å². The van der Waals surface area contributed by atoms with Gasteiger partial charge in [-0.15, -0.1) is 0 Å². The van der Waals surface area contributed by atoms with Crippen molar-refractivity contribution in [1.82, 2.24) is 14.3 Å². The number of pyridine rings is 1. The fourth-order valence-electron chi connectivity index (χ4n) is 2.70. The molecule has 0 amide bonds. The van der Waals surface area contributed by atoms with Crippen LogP contribution in [0.2, 0.25) is 0 Å². The van der Waals surface area contributed by atoms with Crippen LogP contribution in [0.15, 0.2) is 29.4 Å². The summed E-state index contributed by atoms with van der Waals surface area (Å²) in [5.74, 6) is 0.281. The summed E-state index contributed by atoms with van der Waals surface area (Å²) in [6, 6.07) is 3.52. The van der Waals surface area contributed by atoms with E-state index in [9.17, 15) is 8.42 Å². The van der Waals surface area contributed by atoms with E-state index in [0.717, 1.165) is 13.0 Å². The number of nitrogens with zero attached hydrogens (tertiary/aromatic N) is 2. The standard InChI is InChI=1S/C14H19N3O3S/c1-2-17(9-11-5-7-20-10-11)21(18,19)13-8-16-14-12(13)4-3-6-15-14/h3-4,6,8,11H,2,5,7,9-10H2,1H3,(H,15,16). The zero-order valence-electron chi connectivity index (χ0n) is 11.9. The Balaban J connectivity index is 1.93. The average Bonchev–Trinajstić information content (AvgIpc) is 3.13. The minimum atomic E-state index is -3.52. The van der Waals surface area contributed by atoms with Crippen molar-refractivity contribution in [2.24, 2.45) is 5.92 Å². The molecule has 1 unspecified atom stereocenters. The maximum absolute atomic E-state index is 12.9. The lowest BCUT2D eigenvalue weighted by molar-refractivity contribution is 0.181. The summed E-state index contributed by atoms with van der Waals surface area (Å²) >= 11 is 0. The molecule has 0 radical (unpaired) electrons. The Morgan fingerprint density at radius 3 is 3.10 bits per heavy atom. The Bertz CT molecular complexity index is 720. The molecule has 1 aliphatic rings. The first-order valence-corrected chi connectivity index (χ1v) is 8.57. The summed E-state index contributed by atoms with van der Waals surface area (Å²) in [7, 11) is -3.52. The Kier molecular flexibility index (Phi) is 3.97. The van der Waals surface area contributed by atoms with Crippen molar-refractivity contribution in [1.29, 1.82) is 0 Å². The second-order valence-electron chi connectivity index (χ2n) is 5.24. The third-order valence-corrected chi connectivity index (χ3v) is 5.85. The number of aromatic nitrogens is 2. The second-order valence-corrected chi connectivity index (χ2v) is 7.14. The molecule has 0 aliphatic carbocycles. The number of nitrogens with one attached hydrogen (secondary N) is 1. The van der Waals surface area contributed by atoms with Gasteiger partial charge in [0.2, 0.25) is 10.0 Å². The highest BCUT2D eigenvalue weighted by molar-refractivity contribution is 7.89. The Morgan fingerprint density at radius 2 is 2.38 bits per heavy atom. The normalized spacial score (nSPS) is 19.6. The van der Waals surface area contributed by atoms with Gasteiger partial charge in [0.25, 0.3) is 0 Å². The van der Waals surface area contributed by atoms with Crippen LogP contribution >= 0.6 is 0 Å². The van der Waals surface area contributed by atoms with Gasteiger partial charge < -0.3 is 9.72 Å². The fourth-order valence-corrected chi connectivity index (χ4v) is 4.37. The largest absolute Gasteiger partial charge is 0.381 e. The van der Waals surface area contributed by atoms with Crippen LogP contribution in [0.5, 0.6) is 0 Å². The van der Waals surface area contributed by atoms with Crippen LogP contribution in [0.4, 0.5) is 0 Å². The minimum Gasteiger partial charge on any atom is -0.381 e. The first-order valence-electron chi connectivity index (χ1n) is 7.13. The summed E-state index contributed by atoms with van der Waals surface area (Å²) in [6.07, 6.45) is 4.09. The number of hydrogen-bond acceptors (Lipinski definition) is 4. The van der Waals surface area contributed by atoms with Crippen LogP contribution in [0, 0.1) is 5.92 Å². The molecule has 0 spiro atoms. The quantitative estimate of drug-likeness (QED) is 0.910. The van der Waals surface area contributed by atoms with E-state index in [4.69, 9.17) is 4.74 Å². The van der Waals surface area contributed by atoms with E-state index in [1.54, 1.807) is 18.3 Å². The van der Waals surface area contributed by atoms with Crippen LogP contribution in [0.1, 0.15) is 13.3 Å². The van der Waals surface area contributed by atoms with Gasteiger partial charge in [-0.2, -0.15) is 4.31 Å². The second kappa shape index (κ2) is 5.75. The van der Waals surface area contributed by atoms with Crippen molar-refractivity contribution in [2.45, 2.75) is 18.2 Å². The molecule has 0 saturated carbocycles. The highest BCUT2D eigenvalue weighted by atomic mass is 32.2. The van der Waals surface area contributed by atoms with Crippen molar-refractivity contribution >= 4 is 21.1 Å². The lowest BCUT2D eigenvalue weighted by atomic mass is 10.1. The molecule has 21 heavy (non-hydrogen) atoms. The Labute approximate surface area is 124 Å². The molecule has 1 N–H and O–H groups in total. The van der Waals surface area contributed by atoms with Crippen LogP contribution in [0.3, 0.4) is 0 Å². The summed E-state index contributed by atoms with van der Waals surface area (Å²) in [5, 5.41) is 0.638. The van der Waals surface area contributed by atoms with Gasteiger partial charge in [0.05, 0.1) is 6.61 Å². The minimum absolute atomic E-state index is 0.281. The summed E-state index contributed by atoms with van der Waals surface area (Å²) in [4.78, 5) is 7.37. The van der Waals surface area contributed by atoms with E-state index < -0.39 is 10.0 Å². The maximum atomic E-state index is 12.9. The molecule has 1 saturated heterocycles. The van der Waals surface area contributed by atoms with Crippen molar-refractivity contribution in [3.05, 3.63) is 24.5 Å². The highest BCUT2D eigenvalue weighted by Crippen LogP contribution is 2.26. The Hall–Kier alpha value is -1.44. The van der Waals surface area contributed by atoms with Crippen LogP contribution in [-0.2, 0) is 14.8 Å². The number of aromatic amines is 1. The summed E-state index contributed by atoms with van der Waals surface area (Å²) in [5.41, 5.74) is 0.594. The lowest BCUT2D eigenvalue weighted by Crippen LogP contribution is -2.35. The van der Waals surface area contributed by atoms with Crippen LogP contribution in [-0.4, -0.2) is 49.0 Å². The SMILES string of the molecule is CCN(CC1CCOC1)S(=O)(=O)c1c[nH]c2ncccc12. The zero-order valence-corrected chi connectivity index (χ0v) is 12.8. The van der Waals surface area contributed by atoms with E-state index in [0.29, 0.717) is 35.6 Å². The fraction of sp³-hybridized carbons (Fsp3) is 0.500. The van der Waals surface area contributed by atoms with Crippen molar-refractivity contribution in [3.63, 3.8) is 0 Å². The van der Waals surface area contributed by atoms with Crippen molar-refractivity contribution in [2.75, 3.05) is 26.3 Å². The Morgan fingerprint density at radius 1 is 1.52 bits per heavy atom. The van der Waals surface area contributed by atoms with E-state index in [1.807, 2.05) is 6.92 Å². The summed E-state index contributed by atoms with van der Waals surface area (Å²) in [6.45, 7) is 4.18. The number of fused-ring (bicyclic) bond motifs is 1. The van der Waals surface area contributed by atoms with Gasteiger partial charge in [0, 0.05) is 37.5 Å². The molecule has 3 rings (SSSR count). The molecule has 1 atom stereocenters. The van der Waals surface area contributed by atoms with Gasteiger partial charge in [-0.3, -0.25) is 0 Å². The van der Waals surface area contributed by atoms with Gasteiger partial charge in [0.15, 0.2) is 0 Å². The molecule has 2 aromatic heterocycles. The maximum Gasteiger partial charge on any atom is 0.245 e. The van der Waals surface area contributed by atoms with Gasteiger partial charge >= 0.3 is 0 Å². The smallest absolute Gasteiger partial charge is 0.245 e. The molecular formula is C14H19N3O3S. The molecule has 114 valence electrons. The average molecular weight is 309 g/mol. The molecule has 0 bridgehead atoms. The molecule has 1 fully saturated rings. The third-order valence-electron chi connectivity index (χ3n) is 3.87. The first kappa shape index (κ1) is 14.5. The predicted molar refractivity (Wildman–Crippen MR) is 79.5 cm³/mol. The monoisotopic (exact) mass is 309 g/mol. The highest BCUT2D eigenvalue weighted by Gasteiger charge is 2.29. The van der Waals surface area contributed by atoms with Gasteiger partial charge in [0.1, 0.15) is 10.5 Å². The molecule has 6 nitrogen and oxygen atoms in total. The topological polar surface area (TPSA) is 75.3 Å². The molecule has 7 heteroatoms. The molecule has 3 heterocycles. The van der Waals surface area contributed by atoms with Crippen molar-refractivity contribution < 1.29 is 13.2 Å². The number of H-pyrrole nitrogens is 1. The van der Waals surface area contributed by atoms with E-state index >= 15 is 0 Å². The van der Waals surface area contributed by atoms with Crippen LogP contribution in [0.25, 0.3) is 11.0 Å². The molecule has 2 aromatic rings. The van der Waals surface area contributed by atoms with Crippen LogP contribution < -0.4 is 0 Å². The zero-order chi connectivity index (χ0) is 14.9.